The summed E-state index contributed by atoms with van der Waals surface area (Å²) in [5.41, 5.74) is 3.76. The number of aromatic nitrogens is 1. The zero-order valence-electron chi connectivity index (χ0n) is 15.6. The summed E-state index contributed by atoms with van der Waals surface area (Å²) in [6.45, 7) is 0. The molecular weight excluding hydrogens is 390 g/mol. The van der Waals surface area contributed by atoms with Crippen molar-refractivity contribution in [2.75, 3.05) is 7.11 Å². The van der Waals surface area contributed by atoms with Crippen LogP contribution in [0, 0.1) is 0 Å². The number of phenols is 1. The summed E-state index contributed by atoms with van der Waals surface area (Å²) in [4.78, 5) is 4.11. The summed E-state index contributed by atoms with van der Waals surface area (Å²) >= 11 is 6.27. The van der Waals surface area contributed by atoms with Crippen molar-refractivity contribution in [3.05, 3.63) is 82.6 Å². The first-order chi connectivity index (χ1) is 14.1. The second-order valence-electron chi connectivity index (χ2n) is 6.97. The Morgan fingerprint density at radius 3 is 2.76 bits per heavy atom. The first-order valence-electron chi connectivity index (χ1n) is 9.23. The lowest BCUT2D eigenvalue weighted by Crippen LogP contribution is -2.33. The lowest BCUT2D eigenvalue weighted by molar-refractivity contribution is -0.0190. The summed E-state index contributed by atoms with van der Waals surface area (Å²) in [7, 11) is 1.53. The maximum absolute atomic E-state index is 9.92. The SMILES string of the molecule is COc1cc(C2=NN3[C@@H](C2)c2cc(Cl)ccc2O[C@H]3c2ccncc2)ccc1O. The number of hydrogen-bond donors (Lipinski definition) is 1. The highest BCUT2D eigenvalue weighted by molar-refractivity contribution is 6.30. The monoisotopic (exact) mass is 407 g/mol. The summed E-state index contributed by atoms with van der Waals surface area (Å²) < 4.78 is 11.6. The highest BCUT2D eigenvalue weighted by Gasteiger charge is 2.41. The molecule has 0 fully saturated rings. The predicted molar refractivity (Wildman–Crippen MR) is 109 cm³/mol. The quantitative estimate of drug-likeness (QED) is 0.682. The number of halogens is 1. The Balaban J connectivity index is 1.60. The molecule has 29 heavy (non-hydrogen) atoms. The van der Waals surface area contributed by atoms with Crippen LogP contribution in [0.2, 0.25) is 5.02 Å². The van der Waals surface area contributed by atoms with Gasteiger partial charge in [0.05, 0.1) is 18.9 Å². The number of fused-ring (bicyclic) bond motifs is 3. The van der Waals surface area contributed by atoms with Crippen molar-refractivity contribution in [2.24, 2.45) is 5.10 Å². The van der Waals surface area contributed by atoms with E-state index in [2.05, 4.69) is 4.98 Å². The van der Waals surface area contributed by atoms with Crippen LogP contribution in [0.25, 0.3) is 0 Å². The Morgan fingerprint density at radius 2 is 1.97 bits per heavy atom. The Morgan fingerprint density at radius 1 is 1.14 bits per heavy atom. The van der Waals surface area contributed by atoms with Crippen molar-refractivity contribution in [1.82, 2.24) is 9.99 Å². The minimum absolute atomic E-state index is 0.00888. The molecular formula is C22H18ClN3O3. The highest BCUT2D eigenvalue weighted by Crippen LogP contribution is 2.48. The molecule has 2 aromatic carbocycles. The molecule has 5 rings (SSSR count). The molecule has 6 nitrogen and oxygen atoms in total. The molecule has 3 aromatic rings. The zero-order valence-corrected chi connectivity index (χ0v) is 16.4. The molecule has 0 radical (unpaired) electrons. The van der Waals surface area contributed by atoms with Crippen LogP contribution < -0.4 is 9.47 Å². The van der Waals surface area contributed by atoms with Gasteiger partial charge in [-0.15, -0.1) is 0 Å². The zero-order chi connectivity index (χ0) is 20.0. The van der Waals surface area contributed by atoms with Crippen molar-refractivity contribution in [2.45, 2.75) is 18.7 Å². The predicted octanol–water partition coefficient (Wildman–Crippen LogP) is 4.69. The summed E-state index contributed by atoms with van der Waals surface area (Å²) in [6, 6.07) is 14.8. The topological polar surface area (TPSA) is 67.2 Å². The van der Waals surface area contributed by atoms with E-state index in [9.17, 15) is 5.11 Å². The molecule has 146 valence electrons. The number of rotatable bonds is 3. The molecule has 2 aliphatic heterocycles. The summed E-state index contributed by atoms with van der Waals surface area (Å²) in [6.07, 6.45) is 3.81. The first-order valence-corrected chi connectivity index (χ1v) is 9.61. The van der Waals surface area contributed by atoms with Gasteiger partial charge in [-0.3, -0.25) is 4.98 Å². The number of hydrazone groups is 1. The Bertz CT molecular complexity index is 1100. The fourth-order valence-electron chi connectivity index (χ4n) is 3.84. The number of aromatic hydroxyl groups is 1. The first kappa shape index (κ1) is 17.8. The van der Waals surface area contributed by atoms with Crippen LogP contribution in [0.15, 0.2) is 66.0 Å². The molecule has 2 aliphatic rings. The van der Waals surface area contributed by atoms with Crippen molar-refractivity contribution >= 4 is 17.3 Å². The lowest BCUT2D eigenvalue weighted by atomic mass is 9.96. The van der Waals surface area contributed by atoms with Crippen LogP contribution in [-0.2, 0) is 0 Å². The average molecular weight is 408 g/mol. The van der Waals surface area contributed by atoms with Gasteiger partial charge in [-0.05, 0) is 48.5 Å². The number of methoxy groups -OCH3 is 1. The summed E-state index contributed by atoms with van der Waals surface area (Å²) in [5, 5.41) is 17.5. The standard InChI is InChI=1S/C22H18ClN3O3/c1-28-21-10-14(2-4-19(21)27)17-12-18-16-11-15(23)3-5-20(16)29-22(26(18)25-17)13-6-8-24-9-7-13/h2-11,18,22,27H,12H2,1H3/t18-,22-/m0/s1. The second kappa shape index (κ2) is 6.97. The van der Waals surface area contributed by atoms with Crippen LogP contribution in [0.4, 0.5) is 0 Å². The number of hydrogen-bond acceptors (Lipinski definition) is 6. The van der Waals surface area contributed by atoms with E-state index in [1.54, 1.807) is 24.5 Å². The van der Waals surface area contributed by atoms with E-state index in [4.69, 9.17) is 26.2 Å². The molecule has 0 bridgehead atoms. The smallest absolute Gasteiger partial charge is 0.213 e. The number of pyridine rings is 1. The molecule has 0 unspecified atom stereocenters. The van der Waals surface area contributed by atoms with Crippen LogP contribution in [0.1, 0.15) is 35.4 Å². The van der Waals surface area contributed by atoms with Gasteiger partial charge < -0.3 is 14.6 Å². The number of benzene rings is 2. The largest absolute Gasteiger partial charge is 0.504 e. The van der Waals surface area contributed by atoms with E-state index in [0.29, 0.717) is 17.2 Å². The van der Waals surface area contributed by atoms with Gasteiger partial charge in [0.15, 0.2) is 11.5 Å². The summed E-state index contributed by atoms with van der Waals surface area (Å²) in [5.74, 6) is 1.32. The average Bonchev–Trinajstić information content (AvgIpc) is 3.20. The van der Waals surface area contributed by atoms with Gasteiger partial charge in [-0.25, -0.2) is 5.01 Å². The van der Waals surface area contributed by atoms with Gasteiger partial charge in [0.25, 0.3) is 0 Å². The Labute approximate surface area is 173 Å². The fraction of sp³-hybridized carbons (Fsp3) is 0.182. The van der Waals surface area contributed by atoms with E-state index in [1.807, 2.05) is 41.4 Å². The third-order valence-electron chi connectivity index (χ3n) is 5.26. The minimum atomic E-state index is -0.367. The molecule has 1 aromatic heterocycles. The van der Waals surface area contributed by atoms with Crippen molar-refractivity contribution in [3.8, 4) is 17.2 Å². The number of phenolic OH excluding ortho intramolecular Hbond substituents is 1. The van der Waals surface area contributed by atoms with Crippen molar-refractivity contribution in [1.29, 1.82) is 0 Å². The molecule has 7 heteroatoms. The normalized spacial score (nSPS) is 19.8. The van der Waals surface area contributed by atoms with Gasteiger partial charge in [0.1, 0.15) is 5.75 Å². The fourth-order valence-corrected chi connectivity index (χ4v) is 4.02. The highest BCUT2D eigenvalue weighted by atomic mass is 35.5. The number of ether oxygens (including phenoxy) is 2. The minimum Gasteiger partial charge on any atom is -0.504 e. The maximum Gasteiger partial charge on any atom is 0.213 e. The lowest BCUT2D eigenvalue weighted by Gasteiger charge is -2.38. The molecule has 0 aliphatic carbocycles. The maximum atomic E-state index is 9.92. The molecule has 0 spiro atoms. The van der Waals surface area contributed by atoms with Gasteiger partial charge in [-0.2, -0.15) is 5.10 Å². The third kappa shape index (κ3) is 3.06. The second-order valence-corrected chi connectivity index (χ2v) is 7.40. The molecule has 0 saturated carbocycles. The molecule has 1 N–H and O–H groups in total. The van der Waals surface area contributed by atoms with Gasteiger partial charge >= 0.3 is 0 Å². The van der Waals surface area contributed by atoms with E-state index in [1.165, 1.54) is 7.11 Å². The van der Waals surface area contributed by atoms with E-state index >= 15 is 0 Å². The molecule has 0 saturated heterocycles. The van der Waals surface area contributed by atoms with Crippen LogP contribution in [0.5, 0.6) is 17.2 Å². The third-order valence-corrected chi connectivity index (χ3v) is 5.49. The number of nitrogens with zero attached hydrogens (tertiary/aromatic N) is 3. The van der Waals surface area contributed by atoms with Gasteiger partial charge in [0.2, 0.25) is 6.23 Å². The van der Waals surface area contributed by atoms with Gasteiger partial charge in [0, 0.05) is 40.5 Å². The van der Waals surface area contributed by atoms with Gasteiger partial charge in [-0.1, -0.05) is 11.6 Å². The van der Waals surface area contributed by atoms with E-state index in [-0.39, 0.29) is 18.0 Å². The Kier molecular flexibility index (Phi) is 4.28. The molecule has 2 atom stereocenters. The van der Waals surface area contributed by atoms with Crippen LogP contribution in [-0.4, -0.2) is 27.9 Å². The molecule has 3 heterocycles. The van der Waals surface area contributed by atoms with E-state index in [0.717, 1.165) is 28.2 Å². The van der Waals surface area contributed by atoms with Crippen molar-refractivity contribution in [3.63, 3.8) is 0 Å². The van der Waals surface area contributed by atoms with Crippen LogP contribution >= 0.6 is 11.6 Å². The molecule has 0 amide bonds. The van der Waals surface area contributed by atoms with E-state index < -0.39 is 0 Å². The Hall–Kier alpha value is -3.25. The van der Waals surface area contributed by atoms with Crippen LogP contribution in [0.3, 0.4) is 0 Å². The van der Waals surface area contributed by atoms with Crippen molar-refractivity contribution < 1.29 is 14.6 Å².